The van der Waals surface area contributed by atoms with E-state index in [4.69, 9.17) is 11.6 Å². The molecule has 1 aromatic carbocycles. The molecule has 0 aliphatic heterocycles. The number of fused-ring (bicyclic) bond motifs is 1. The molecule has 6 nitrogen and oxygen atoms in total. The lowest BCUT2D eigenvalue weighted by molar-refractivity contribution is 1.01. The van der Waals surface area contributed by atoms with Gasteiger partial charge in [-0.2, -0.15) is 0 Å². The van der Waals surface area contributed by atoms with Crippen LogP contribution >= 0.6 is 46.0 Å². The Balaban J connectivity index is 1.44. The van der Waals surface area contributed by atoms with Gasteiger partial charge in [-0.25, -0.2) is 4.98 Å². The zero-order valence-electron chi connectivity index (χ0n) is 12.5. The molecule has 0 bridgehead atoms. The van der Waals surface area contributed by atoms with Gasteiger partial charge in [0.1, 0.15) is 0 Å². The first-order valence-electron chi connectivity index (χ1n) is 7.12. The van der Waals surface area contributed by atoms with Crippen LogP contribution in [0.4, 0.5) is 10.8 Å². The molecular formula is C15H10ClN5OS3. The summed E-state index contributed by atoms with van der Waals surface area (Å²) in [6.45, 7) is 0. The normalized spacial score (nSPS) is 11.1. The SMILES string of the molecule is O=c1cc(CSc2nnc(Nc3cccc(Cl)c3)s2)nc2sccn12. The first kappa shape index (κ1) is 16.5. The smallest absolute Gasteiger partial charge is 0.258 e. The van der Waals surface area contributed by atoms with Gasteiger partial charge in [0.25, 0.3) is 5.56 Å². The van der Waals surface area contributed by atoms with Crippen molar-refractivity contribution in [2.24, 2.45) is 0 Å². The van der Waals surface area contributed by atoms with Gasteiger partial charge in [-0.15, -0.1) is 21.5 Å². The average Bonchev–Trinajstić information content (AvgIpc) is 3.22. The fourth-order valence-electron chi connectivity index (χ4n) is 2.11. The minimum atomic E-state index is -0.0672. The summed E-state index contributed by atoms with van der Waals surface area (Å²) < 4.78 is 2.34. The number of hydrogen-bond acceptors (Lipinski definition) is 8. The molecule has 25 heavy (non-hydrogen) atoms. The topological polar surface area (TPSA) is 72.2 Å². The van der Waals surface area contributed by atoms with Gasteiger partial charge in [-0.1, -0.05) is 40.8 Å². The molecule has 4 aromatic rings. The number of halogens is 1. The van der Waals surface area contributed by atoms with E-state index in [9.17, 15) is 4.79 Å². The molecule has 0 unspecified atom stereocenters. The Labute approximate surface area is 159 Å². The molecule has 10 heteroatoms. The summed E-state index contributed by atoms with van der Waals surface area (Å²) in [4.78, 5) is 17.2. The number of rotatable bonds is 5. The third-order valence-corrected chi connectivity index (χ3v) is 6.18. The molecule has 0 amide bonds. The summed E-state index contributed by atoms with van der Waals surface area (Å²) >= 11 is 10.4. The average molecular weight is 408 g/mol. The molecule has 3 aromatic heterocycles. The highest BCUT2D eigenvalue weighted by Crippen LogP contribution is 2.30. The zero-order chi connectivity index (χ0) is 17.2. The zero-order valence-corrected chi connectivity index (χ0v) is 15.8. The van der Waals surface area contributed by atoms with Crippen molar-refractivity contribution in [2.75, 3.05) is 5.32 Å². The molecule has 0 saturated carbocycles. The van der Waals surface area contributed by atoms with Crippen LogP contribution in [0.25, 0.3) is 4.96 Å². The molecule has 0 spiro atoms. The number of hydrogen-bond donors (Lipinski definition) is 1. The Morgan fingerprint density at radius 3 is 3.08 bits per heavy atom. The Kier molecular flexibility index (Phi) is 4.71. The summed E-state index contributed by atoms with van der Waals surface area (Å²) in [5.74, 6) is 0.565. The maximum absolute atomic E-state index is 12.0. The maximum Gasteiger partial charge on any atom is 0.258 e. The van der Waals surface area contributed by atoms with E-state index in [2.05, 4.69) is 20.5 Å². The third-order valence-electron chi connectivity index (χ3n) is 3.18. The molecule has 126 valence electrons. The number of benzene rings is 1. The van der Waals surface area contributed by atoms with Gasteiger partial charge in [0.05, 0.1) is 5.69 Å². The molecule has 0 aliphatic carbocycles. The van der Waals surface area contributed by atoms with E-state index < -0.39 is 0 Å². The lowest BCUT2D eigenvalue weighted by Crippen LogP contribution is -2.12. The minimum absolute atomic E-state index is 0.0672. The number of anilines is 2. The van der Waals surface area contributed by atoms with Crippen LogP contribution in [0.1, 0.15) is 5.69 Å². The number of nitrogens with zero attached hydrogens (tertiary/aromatic N) is 4. The van der Waals surface area contributed by atoms with Gasteiger partial charge in [-0.05, 0) is 18.2 Å². The first-order valence-corrected chi connectivity index (χ1v) is 10.2. The number of thiazole rings is 1. The van der Waals surface area contributed by atoms with E-state index in [0.717, 1.165) is 15.7 Å². The molecule has 0 fully saturated rings. The Morgan fingerprint density at radius 1 is 1.28 bits per heavy atom. The number of thioether (sulfide) groups is 1. The largest absolute Gasteiger partial charge is 0.330 e. The minimum Gasteiger partial charge on any atom is -0.330 e. The van der Waals surface area contributed by atoms with E-state index in [1.165, 1.54) is 38.8 Å². The second-order valence-electron chi connectivity index (χ2n) is 4.94. The fraction of sp³-hybridized carbons (Fsp3) is 0.0667. The second-order valence-corrected chi connectivity index (χ2v) is 8.45. The summed E-state index contributed by atoms with van der Waals surface area (Å²) in [6.07, 6.45) is 1.73. The van der Waals surface area contributed by atoms with Crippen molar-refractivity contribution in [3.63, 3.8) is 0 Å². The predicted octanol–water partition coefficient (Wildman–Crippen LogP) is 4.30. The lowest BCUT2D eigenvalue weighted by atomic mass is 10.3. The second kappa shape index (κ2) is 7.12. The quantitative estimate of drug-likeness (QED) is 0.497. The van der Waals surface area contributed by atoms with E-state index in [-0.39, 0.29) is 5.56 Å². The Hall–Kier alpha value is -1.94. The molecule has 0 radical (unpaired) electrons. The summed E-state index contributed by atoms with van der Waals surface area (Å²) in [6, 6.07) is 8.97. The van der Waals surface area contributed by atoms with Crippen molar-refractivity contribution in [1.82, 2.24) is 19.6 Å². The molecule has 0 saturated heterocycles. The van der Waals surface area contributed by atoms with Crippen LogP contribution in [0.15, 0.2) is 51.0 Å². The van der Waals surface area contributed by atoms with Crippen LogP contribution in [-0.4, -0.2) is 19.6 Å². The number of nitrogens with one attached hydrogen (secondary N) is 1. The highest BCUT2D eigenvalue weighted by Gasteiger charge is 2.08. The monoisotopic (exact) mass is 407 g/mol. The van der Waals surface area contributed by atoms with E-state index in [1.54, 1.807) is 12.3 Å². The molecule has 4 rings (SSSR count). The summed E-state index contributed by atoms with van der Waals surface area (Å²) in [7, 11) is 0. The molecule has 1 N–H and O–H groups in total. The van der Waals surface area contributed by atoms with Crippen molar-refractivity contribution in [1.29, 1.82) is 0 Å². The highest BCUT2D eigenvalue weighted by molar-refractivity contribution is 8.00. The highest BCUT2D eigenvalue weighted by atomic mass is 35.5. The van der Waals surface area contributed by atoms with Crippen molar-refractivity contribution >= 4 is 61.8 Å². The Bertz CT molecular complexity index is 1090. The van der Waals surface area contributed by atoms with Crippen molar-refractivity contribution < 1.29 is 0 Å². The van der Waals surface area contributed by atoms with Crippen LogP contribution in [0.2, 0.25) is 5.02 Å². The van der Waals surface area contributed by atoms with Crippen molar-refractivity contribution in [3.8, 4) is 0 Å². The maximum atomic E-state index is 12.0. The van der Waals surface area contributed by atoms with E-state index >= 15 is 0 Å². The predicted molar refractivity (Wildman–Crippen MR) is 104 cm³/mol. The van der Waals surface area contributed by atoms with Gasteiger partial charge in [0, 0.05) is 34.1 Å². The van der Waals surface area contributed by atoms with Gasteiger partial charge in [0.2, 0.25) is 5.13 Å². The fourth-order valence-corrected chi connectivity index (χ4v) is 4.70. The van der Waals surface area contributed by atoms with Crippen molar-refractivity contribution in [3.05, 3.63) is 63.0 Å². The van der Waals surface area contributed by atoms with Crippen LogP contribution in [-0.2, 0) is 5.75 Å². The lowest BCUT2D eigenvalue weighted by Gasteiger charge is -2.01. The first-order chi connectivity index (χ1) is 12.2. The molecular weight excluding hydrogens is 398 g/mol. The molecule has 0 atom stereocenters. The van der Waals surface area contributed by atoms with Gasteiger partial charge in [0.15, 0.2) is 9.30 Å². The van der Waals surface area contributed by atoms with Crippen LogP contribution in [0, 0.1) is 0 Å². The Morgan fingerprint density at radius 2 is 2.20 bits per heavy atom. The van der Waals surface area contributed by atoms with Crippen LogP contribution in [0.3, 0.4) is 0 Å². The standard InChI is InChI=1S/C15H10ClN5OS3/c16-9-2-1-3-10(6-9)17-13-19-20-15(25-13)24-8-11-7-12(22)21-4-5-23-14(21)18-11/h1-7H,8H2,(H,17,19). The third kappa shape index (κ3) is 3.84. The molecule has 0 aliphatic rings. The summed E-state index contributed by atoms with van der Waals surface area (Å²) in [5.41, 5.74) is 1.53. The number of aromatic nitrogens is 4. The van der Waals surface area contributed by atoms with Crippen molar-refractivity contribution in [2.45, 2.75) is 10.1 Å². The van der Waals surface area contributed by atoms with Crippen LogP contribution < -0.4 is 10.9 Å². The molecule has 3 heterocycles. The van der Waals surface area contributed by atoms with Gasteiger partial charge < -0.3 is 5.32 Å². The summed E-state index contributed by atoms with van der Waals surface area (Å²) in [5, 5.41) is 14.6. The van der Waals surface area contributed by atoms with E-state index in [0.29, 0.717) is 20.9 Å². The van der Waals surface area contributed by atoms with Gasteiger partial charge in [-0.3, -0.25) is 9.20 Å². The van der Waals surface area contributed by atoms with Crippen LogP contribution in [0.5, 0.6) is 0 Å². The van der Waals surface area contributed by atoms with E-state index in [1.807, 2.05) is 29.6 Å². The van der Waals surface area contributed by atoms with Gasteiger partial charge >= 0.3 is 0 Å².